The molecule has 1 rings (SSSR count). The standard InChI is InChI=1S/C16H28N2O2/c1-6-17-15(12-18(7-2)8-3)14-10-9-13(19-4)11-16(14)20-5/h9-11,15,17H,6-8,12H2,1-5H3. The lowest BCUT2D eigenvalue weighted by molar-refractivity contribution is 0.263. The summed E-state index contributed by atoms with van der Waals surface area (Å²) in [6.07, 6.45) is 0. The molecule has 0 aromatic heterocycles. The molecule has 1 aromatic rings. The smallest absolute Gasteiger partial charge is 0.127 e. The normalized spacial score (nSPS) is 12.5. The summed E-state index contributed by atoms with van der Waals surface area (Å²) in [7, 11) is 3.38. The van der Waals surface area contributed by atoms with Gasteiger partial charge in [-0.2, -0.15) is 0 Å². The Kier molecular flexibility index (Phi) is 7.41. The molecule has 0 radical (unpaired) electrons. The van der Waals surface area contributed by atoms with Crippen molar-refractivity contribution in [2.75, 3.05) is 40.4 Å². The first-order chi connectivity index (χ1) is 9.69. The third kappa shape index (κ3) is 4.39. The molecule has 1 N–H and O–H groups in total. The zero-order valence-corrected chi connectivity index (χ0v) is 13.4. The number of hydrogen-bond donors (Lipinski definition) is 1. The molecular formula is C16H28N2O2. The molecule has 4 heteroatoms. The Labute approximate surface area is 123 Å². The van der Waals surface area contributed by atoms with Gasteiger partial charge in [-0.3, -0.25) is 0 Å². The fraction of sp³-hybridized carbons (Fsp3) is 0.625. The van der Waals surface area contributed by atoms with Crippen LogP contribution in [-0.2, 0) is 0 Å². The first-order valence-corrected chi connectivity index (χ1v) is 7.37. The van der Waals surface area contributed by atoms with E-state index in [9.17, 15) is 0 Å². The second kappa shape index (κ2) is 8.82. The van der Waals surface area contributed by atoms with E-state index in [0.29, 0.717) is 0 Å². The van der Waals surface area contributed by atoms with Gasteiger partial charge < -0.3 is 19.7 Å². The molecule has 0 aliphatic heterocycles. The van der Waals surface area contributed by atoms with Crippen molar-refractivity contribution in [1.82, 2.24) is 10.2 Å². The van der Waals surface area contributed by atoms with Crippen LogP contribution in [0.5, 0.6) is 11.5 Å². The Bertz CT molecular complexity index is 392. The van der Waals surface area contributed by atoms with Gasteiger partial charge in [0.15, 0.2) is 0 Å². The van der Waals surface area contributed by atoms with Crippen molar-refractivity contribution >= 4 is 0 Å². The predicted octanol–water partition coefficient (Wildman–Crippen LogP) is 2.70. The number of benzene rings is 1. The predicted molar refractivity (Wildman–Crippen MR) is 83.8 cm³/mol. The van der Waals surface area contributed by atoms with Gasteiger partial charge in [-0.25, -0.2) is 0 Å². The lowest BCUT2D eigenvalue weighted by Crippen LogP contribution is -2.35. The highest BCUT2D eigenvalue weighted by molar-refractivity contribution is 5.42. The minimum Gasteiger partial charge on any atom is -0.497 e. The zero-order valence-electron chi connectivity index (χ0n) is 13.4. The van der Waals surface area contributed by atoms with Gasteiger partial charge in [-0.15, -0.1) is 0 Å². The minimum absolute atomic E-state index is 0.265. The van der Waals surface area contributed by atoms with E-state index in [1.807, 2.05) is 12.1 Å². The fourth-order valence-electron chi connectivity index (χ4n) is 2.37. The molecule has 0 spiro atoms. The minimum atomic E-state index is 0.265. The summed E-state index contributed by atoms with van der Waals surface area (Å²) in [5, 5.41) is 3.55. The maximum absolute atomic E-state index is 5.53. The lowest BCUT2D eigenvalue weighted by atomic mass is 10.0. The van der Waals surface area contributed by atoms with E-state index in [0.717, 1.165) is 37.7 Å². The molecule has 0 bridgehead atoms. The number of hydrogen-bond acceptors (Lipinski definition) is 4. The van der Waals surface area contributed by atoms with E-state index in [-0.39, 0.29) is 6.04 Å². The van der Waals surface area contributed by atoms with Crippen molar-refractivity contribution in [3.63, 3.8) is 0 Å². The quantitative estimate of drug-likeness (QED) is 0.754. The van der Waals surface area contributed by atoms with E-state index >= 15 is 0 Å². The molecule has 0 aliphatic rings. The molecule has 1 aromatic carbocycles. The number of methoxy groups -OCH3 is 2. The molecule has 0 heterocycles. The van der Waals surface area contributed by atoms with E-state index in [4.69, 9.17) is 9.47 Å². The molecule has 20 heavy (non-hydrogen) atoms. The average Bonchev–Trinajstić information content (AvgIpc) is 2.50. The molecule has 0 aliphatic carbocycles. The summed E-state index contributed by atoms with van der Waals surface area (Å²) in [6.45, 7) is 10.5. The summed E-state index contributed by atoms with van der Waals surface area (Å²) >= 11 is 0. The summed E-state index contributed by atoms with van der Waals surface area (Å²) in [6, 6.07) is 6.29. The van der Waals surface area contributed by atoms with Crippen LogP contribution in [0.2, 0.25) is 0 Å². The van der Waals surface area contributed by atoms with Crippen LogP contribution in [0.3, 0.4) is 0 Å². The van der Waals surface area contributed by atoms with Gasteiger partial charge >= 0.3 is 0 Å². The monoisotopic (exact) mass is 280 g/mol. The van der Waals surface area contributed by atoms with Crippen LogP contribution in [0.25, 0.3) is 0 Å². The van der Waals surface area contributed by atoms with E-state index in [1.165, 1.54) is 5.56 Å². The lowest BCUT2D eigenvalue weighted by Gasteiger charge is -2.27. The molecule has 0 saturated heterocycles. The maximum atomic E-state index is 5.53. The van der Waals surface area contributed by atoms with Crippen molar-refractivity contribution in [3.8, 4) is 11.5 Å². The number of ether oxygens (including phenoxy) is 2. The van der Waals surface area contributed by atoms with E-state index < -0.39 is 0 Å². The zero-order chi connectivity index (χ0) is 15.0. The first kappa shape index (κ1) is 16.8. The topological polar surface area (TPSA) is 33.7 Å². The Morgan fingerprint density at radius 1 is 1.10 bits per heavy atom. The second-order valence-corrected chi connectivity index (χ2v) is 4.70. The molecule has 4 nitrogen and oxygen atoms in total. The van der Waals surface area contributed by atoms with Crippen LogP contribution < -0.4 is 14.8 Å². The molecule has 1 unspecified atom stereocenters. The van der Waals surface area contributed by atoms with Crippen LogP contribution in [0.1, 0.15) is 32.4 Å². The second-order valence-electron chi connectivity index (χ2n) is 4.70. The van der Waals surface area contributed by atoms with Gasteiger partial charge in [-0.1, -0.05) is 26.8 Å². The van der Waals surface area contributed by atoms with Gasteiger partial charge in [0, 0.05) is 24.2 Å². The van der Waals surface area contributed by atoms with Gasteiger partial charge in [0.25, 0.3) is 0 Å². The maximum Gasteiger partial charge on any atom is 0.127 e. The Morgan fingerprint density at radius 3 is 2.30 bits per heavy atom. The Hall–Kier alpha value is -1.26. The number of nitrogens with one attached hydrogen (secondary N) is 1. The van der Waals surface area contributed by atoms with Crippen molar-refractivity contribution in [3.05, 3.63) is 23.8 Å². The van der Waals surface area contributed by atoms with Crippen molar-refractivity contribution in [2.45, 2.75) is 26.8 Å². The van der Waals surface area contributed by atoms with Gasteiger partial charge in [0.2, 0.25) is 0 Å². The molecule has 114 valence electrons. The van der Waals surface area contributed by atoms with Gasteiger partial charge in [-0.05, 0) is 25.7 Å². The first-order valence-electron chi connectivity index (χ1n) is 7.37. The summed E-state index contributed by atoms with van der Waals surface area (Å²) in [5.41, 5.74) is 1.18. The summed E-state index contributed by atoms with van der Waals surface area (Å²) in [4.78, 5) is 2.41. The van der Waals surface area contributed by atoms with Crippen LogP contribution in [0.4, 0.5) is 0 Å². The highest BCUT2D eigenvalue weighted by Gasteiger charge is 2.18. The number of likely N-dealkylation sites (N-methyl/N-ethyl adjacent to an activating group) is 2. The van der Waals surface area contributed by atoms with E-state index in [1.54, 1.807) is 14.2 Å². The Balaban J connectivity index is 3.00. The highest BCUT2D eigenvalue weighted by Crippen LogP contribution is 2.30. The van der Waals surface area contributed by atoms with Crippen LogP contribution >= 0.6 is 0 Å². The fourth-order valence-corrected chi connectivity index (χ4v) is 2.37. The third-order valence-corrected chi connectivity index (χ3v) is 3.60. The van der Waals surface area contributed by atoms with Crippen LogP contribution in [0, 0.1) is 0 Å². The van der Waals surface area contributed by atoms with Crippen molar-refractivity contribution < 1.29 is 9.47 Å². The van der Waals surface area contributed by atoms with Gasteiger partial charge in [0.1, 0.15) is 11.5 Å². The molecule has 0 saturated carbocycles. The average molecular weight is 280 g/mol. The number of rotatable bonds is 9. The molecular weight excluding hydrogens is 252 g/mol. The largest absolute Gasteiger partial charge is 0.497 e. The Morgan fingerprint density at radius 2 is 1.80 bits per heavy atom. The summed E-state index contributed by atoms with van der Waals surface area (Å²) in [5.74, 6) is 1.70. The molecule has 0 amide bonds. The van der Waals surface area contributed by atoms with Crippen molar-refractivity contribution in [2.24, 2.45) is 0 Å². The van der Waals surface area contributed by atoms with Gasteiger partial charge in [0.05, 0.1) is 14.2 Å². The molecule has 0 fully saturated rings. The van der Waals surface area contributed by atoms with Crippen molar-refractivity contribution in [1.29, 1.82) is 0 Å². The van der Waals surface area contributed by atoms with Crippen LogP contribution in [-0.4, -0.2) is 45.3 Å². The number of nitrogens with zero attached hydrogens (tertiary/aromatic N) is 1. The summed E-state index contributed by atoms with van der Waals surface area (Å²) < 4.78 is 10.8. The van der Waals surface area contributed by atoms with E-state index in [2.05, 4.69) is 37.1 Å². The molecule has 1 atom stereocenters. The SMILES string of the molecule is CCNC(CN(CC)CC)c1ccc(OC)cc1OC. The third-order valence-electron chi connectivity index (χ3n) is 3.60. The highest BCUT2D eigenvalue weighted by atomic mass is 16.5. The van der Waals surface area contributed by atoms with Crippen LogP contribution in [0.15, 0.2) is 18.2 Å².